The summed E-state index contributed by atoms with van der Waals surface area (Å²) in [6, 6.07) is 6.03. The van der Waals surface area contributed by atoms with E-state index in [9.17, 15) is 4.79 Å². The highest BCUT2D eigenvalue weighted by atomic mass is 16.4. The zero-order valence-electron chi connectivity index (χ0n) is 9.73. The van der Waals surface area contributed by atoms with Gasteiger partial charge in [-0.15, -0.1) is 0 Å². The number of likely N-dealkylation sites (N-methyl/N-ethyl adjacent to an activating group) is 1. The van der Waals surface area contributed by atoms with E-state index >= 15 is 0 Å². The van der Waals surface area contributed by atoms with Gasteiger partial charge in [-0.1, -0.05) is 19.1 Å². The highest BCUT2D eigenvalue weighted by Crippen LogP contribution is 2.36. The Balaban J connectivity index is 2.32. The third-order valence-corrected chi connectivity index (χ3v) is 3.19. The molecule has 0 fully saturated rings. The van der Waals surface area contributed by atoms with Gasteiger partial charge in [0.25, 0.3) is 0 Å². The van der Waals surface area contributed by atoms with Gasteiger partial charge in [0.2, 0.25) is 0 Å². The molecule has 1 heterocycles. The second-order valence-corrected chi connectivity index (χ2v) is 4.40. The number of carbonyl (C=O) groups is 1. The first-order chi connectivity index (χ1) is 7.61. The summed E-state index contributed by atoms with van der Waals surface area (Å²) in [5, 5.41) is 8.77. The van der Waals surface area contributed by atoms with Gasteiger partial charge in [0, 0.05) is 24.7 Å². The molecule has 86 valence electrons. The van der Waals surface area contributed by atoms with E-state index in [-0.39, 0.29) is 6.42 Å². The summed E-state index contributed by atoms with van der Waals surface area (Å²) >= 11 is 0. The van der Waals surface area contributed by atoms with Gasteiger partial charge >= 0.3 is 5.97 Å². The highest BCUT2D eigenvalue weighted by molar-refractivity contribution is 5.71. The number of aliphatic carboxylic acids is 1. The monoisotopic (exact) mass is 219 g/mol. The molecular formula is C13H17NO2. The zero-order valence-corrected chi connectivity index (χ0v) is 9.73. The fraction of sp³-hybridized carbons (Fsp3) is 0.462. The summed E-state index contributed by atoms with van der Waals surface area (Å²) in [7, 11) is 0. The van der Waals surface area contributed by atoms with Crippen molar-refractivity contribution in [3.8, 4) is 0 Å². The van der Waals surface area contributed by atoms with Crippen LogP contribution in [-0.2, 0) is 11.2 Å². The van der Waals surface area contributed by atoms with Gasteiger partial charge in [0.1, 0.15) is 0 Å². The molecule has 3 nitrogen and oxygen atoms in total. The maximum Gasteiger partial charge on any atom is 0.307 e. The number of hydrogen-bond acceptors (Lipinski definition) is 2. The van der Waals surface area contributed by atoms with Crippen molar-refractivity contribution in [3.63, 3.8) is 0 Å². The van der Waals surface area contributed by atoms with Gasteiger partial charge in [-0.25, -0.2) is 0 Å². The predicted octanol–water partition coefficient (Wildman–Crippen LogP) is 2.26. The number of rotatable bonds is 3. The van der Waals surface area contributed by atoms with Crippen LogP contribution in [0.1, 0.15) is 30.9 Å². The van der Waals surface area contributed by atoms with Crippen LogP contribution in [-0.4, -0.2) is 24.2 Å². The second-order valence-electron chi connectivity index (χ2n) is 4.40. The van der Waals surface area contributed by atoms with Crippen LogP contribution in [0.4, 0.5) is 5.69 Å². The highest BCUT2D eigenvalue weighted by Gasteiger charge is 2.24. The third-order valence-electron chi connectivity index (χ3n) is 3.19. The molecule has 1 aromatic rings. The van der Waals surface area contributed by atoms with Crippen LogP contribution in [0.15, 0.2) is 18.2 Å². The molecule has 0 aliphatic carbocycles. The van der Waals surface area contributed by atoms with Crippen molar-refractivity contribution in [1.82, 2.24) is 0 Å². The molecule has 16 heavy (non-hydrogen) atoms. The maximum absolute atomic E-state index is 10.7. The number of carboxylic acid groups (broad SMARTS) is 1. The first kappa shape index (κ1) is 11.0. The van der Waals surface area contributed by atoms with E-state index in [1.54, 1.807) is 0 Å². The molecule has 2 rings (SSSR count). The third kappa shape index (κ3) is 1.90. The first-order valence-electron chi connectivity index (χ1n) is 5.71. The van der Waals surface area contributed by atoms with Gasteiger partial charge in [0.15, 0.2) is 0 Å². The fourth-order valence-electron chi connectivity index (χ4n) is 2.40. The minimum atomic E-state index is -0.766. The van der Waals surface area contributed by atoms with Gasteiger partial charge in [-0.3, -0.25) is 4.79 Å². The lowest BCUT2D eigenvalue weighted by Gasteiger charge is -2.16. The van der Waals surface area contributed by atoms with E-state index < -0.39 is 5.97 Å². The van der Waals surface area contributed by atoms with Crippen LogP contribution >= 0.6 is 0 Å². The smallest absolute Gasteiger partial charge is 0.307 e. The summed E-state index contributed by atoms with van der Waals surface area (Å²) in [5.41, 5.74) is 3.46. The SMILES string of the molecule is CCN1CC(C)c2cc(CC(=O)O)ccc21. The molecule has 0 amide bonds. The van der Waals surface area contributed by atoms with E-state index in [4.69, 9.17) is 5.11 Å². The molecule has 0 spiro atoms. The average Bonchev–Trinajstić information content (AvgIpc) is 2.55. The fourth-order valence-corrected chi connectivity index (χ4v) is 2.40. The summed E-state index contributed by atoms with van der Waals surface area (Å²) in [6.45, 7) is 6.39. The van der Waals surface area contributed by atoms with Gasteiger partial charge < -0.3 is 10.0 Å². The lowest BCUT2D eigenvalue weighted by atomic mass is 10.00. The maximum atomic E-state index is 10.7. The molecule has 1 atom stereocenters. The number of carboxylic acids is 1. The van der Waals surface area contributed by atoms with E-state index in [0.717, 1.165) is 18.7 Å². The van der Waals surface area contributed by atoms with Crippen molar-refractivity contribution in [2.75, 3.05) is 18.0 Å². The number of anilines is 1. The van der Waals surface area contributed by atoms with Crippen molar-refractivity contribution >= 4 is 11.7 Å². The van der Waals surface area contributed by atoms with E-state index in [0.29, 0.717) is 5.92 Å². The van der Waals surface area contributed by atoms with Crippen LogP contribution in [0.25, 0.3) is 0 Å². The number of fused-ring (bicyclic) bond motifs is 1. The predicted molar refractivity (Wildman–Crippen MR) is 64.1 cm³/mol. The summed E-state index contributed by atoms with van der Waals surface area (Å²) in [6.07, 6.45) is 0.117. The zero-order chi connectivity index (χ0) is 11.7. The molecule has 1 unspecified atom stereocenters. The second kappa shape index (κ2) is 4.16. The van der Waals surface area contributed by atoms with E-state index in [2.05, 4.69) is 24.8 Å². The van der Waals surface area contributed by atoms with Gasteiger partial charge in [-0.2, -0.15) is 0 Å². The number of hydrogen-bond donors (Lipinski definition) is 1. The average molecular weight is 219 g/mol. The minimum absolute atomic E-state index is 0.117. The van der Waals surface area contributed by atoms with Crippen molar-refractivity contribution in [2.45, 2.75) is 26.2 Å². The molecule has 1 aliphatic heterocycles. The van der Waals surface area contributed by atoms with Crippen LogP contribution in [0.5, 0.6) is 0 Å². The molecule has 0 radical (unpaired) electrons. The molecule has 0 aromatic heterocycles. The summed E-state index contributed by atoms with van der Waals surface area (Å²) in [4.78, 5) is 13.0. The molecule has 1 aromatic carbocycles. The Kier molecular flexibility index (Phi) is 2.86. The Hall–Kier alpha value is -1.51. The van der Waals surface area contributed by atoms with Crippen LogP contribution < -0.4 is 4.90 Å². The quantitative estimate of drug-likeness (QED) is 0.847. The molecule has 0 saturated heterocycles. The normalized spacial score (nSPS) is 18.6. The van der Waals surface area contributed by atoms with Crippen molar-refractivity contribution in [2.24, 2.45) is 0 Å². The summed E-state index contributed by atoms with van der Waals surface area (Å²) in [5.74, 6) is -0.262. The van der Waals surface area contributed by atoms with Gasteiger partial charge in [-0.05, 0) is 24.1 Å². The Labute approximate surface area is 95.7 Å². The molecule has 0 bridgehead atoms. The standard InChI is InChI=1S/C13H17NO2/c1-3-14-8-9(2)11-6-10(7-13(15)16)4-5-12(11)14/h4-6,9H,3,7-8H2,1-2H3,(H,15,16). The number of nitrogens with zero attached hydrogens (tertiary/aromatic N) is 1. The molecule has 0 saturated carbocycles. The molecular weight excluding hydrogens is 202 g/mol. The van der Waals surface area contributed by atoms with Crippen molar-refractivity contribution < 1.29 is 9.90 Å². The Morgan fingerprint density at radius 2 is 2.31 bits per heavy atom. The Morgan fingerprint density at radius 3 is 2.94 bits per heavy atom. The van der Waals surface area contributed by atoms with Crippen LogP contribution in [0.3, 0.4) is 0 Å². The lowest BCUT2D eigenvalue weighted by molar-refractivity contribution is -0.136. The van der Waals surface area contributed by atoms with Crippen molar-refractivity contribution in [3.05, 3.63) is 29.3 Å². The largest absolute Gasteiger partial charge is 0.481 e. The summed E-state index contributed by atoms with van der Waals surface area (Å²) < 4.78 is 0. The molecule has 1 aliphatic rings. The molecule has 3 heteroatoms. The van der Waals surface area contributed by atoms with Gasteiger partial charge in [0.05, 0.1) is 6.42 Å². The first-order valence-corrected chi connectivity index (χ1v) is 5.71. The van der Waals surface area contributed by atoms with Crippen LogP contribution in [0, 0.1) is 0 Å². The van der Waals surface area contributed by atoms with E-state index in [1.807, 2.05) is 12.1 Å². The van der Waals surface area contributed by atoms with E-state index in [1.165, 1.54) is 11.3 Å². The molecule has 1 N–H and O–H groups in total. The minimum Gasteiger partial charge on any atom is -0.481 e. The number of benzene rings is 1. The topological polar surface area (TPSA) is 40.5 Å². The van der Waals surface area contributed by atoms with Crippen LogP contribution in [0.2, 0.25) is 0 Å². The van der Waals surface area contributed by atoms with Crippen molar-refractivity contribution in [1.29, 1.82) is 0 Å². The Bertz CT molecular complexity index is 414. The Morgan fingerprint density at radius 1 is 1.56 bits per heavy atom. The lowest BCUT2D eigenvalue weighted by Crippen LogP contribution is -2.20.